The van der Waals surface area contributed by atoms with E-state index < -0.39 is 0 Å². The number of nitrogens with zero attached hydrogens (tertiary/aromatic N) is 1. The standard InChI is InChI=1S/C12H20N2O/c1-3-14-8-6-12(11-14)10-13-7-5-9-15-4-2/h4,6,8,11,13H,2-3,5,7,9-10H2,1H3. The molecule has 1 heterocycles. The van der Waals surface area contributed by atoms with E-state index in [0.717, 1.165) is 32.7 Å². The summed E-state index contributed by atoms with van der Waals surface area (Å²) in [6.45, 7) is 9.32. The van der Waals surface area contributed by atoms with E-state index in [2.05, 4.69) is 41.8 Å². The van der Waals surface area contributed by atoms with Crippen LogP contribution in [-0.4, -0.2) is 17.7 Å². The Bertz CT molecular complexity index is 281. The Hall–Kier alpha value is -1.22. The Kier molecular flexibility index (Phi) is 5.63. The van der Waals surface area contributed by atoms with Crippen molar-refractivity contribution in [2.75, 3.05) is 13.2 Å². The highest BCUT2D eigenvalue weighted by molar-refractivity contribution is 5.09. The highest BCUT2D eigenvalue weighted by Crippen LogP contribution is 2.00. The number of nitrogens with one attached hydrogen (secondary N) is 1. The first-order valence-electron chi connectivity index (χ1n) is 5.44. The predicted octanol–water partition coefficient (Wildman–Crippen LogP) is 2.15. The first-order chi connectivity index (χ1) is 7.36. The molecule has 0 aliphatic rings. The molecule has 0 unspecified atom stereocenters. The maximum absolute atomic E-state index is 5.03. The van der Waals surface area contributed by atoms with Crippen molar-refractivity contribution in [2.24, 2.45) is 0 Å². The van der Waals surface area contributed by atoms with Crippen molar-refractivity contribution >= 4 is 0 Å². The van der Waals surface area contributed by atoms with Gasteiger partial charge in [-0.25, -0.2) is 0 Å². The van der Waals surface area contributed by atoms with Crippen LogP contribution in [-0.2, 0) is 17.8 Å². The van der Waals surface area contributed by atoms with Crippen LogP contribution < -0.4 is 5.32 Å². The van der Waals surface area contributed by atoms with Crippen molar-refractivity contribution in [3.63, 3.8) is 0 Å². The molecule has 0 amide bonds. The van der Waals surface area contributed by atoms with Crippen molar-refractivity contribution in [2.45, 2.75) is 26.4 Å². The lowest BCUT2D eigenvalue weighted by Gasteiger charge is -2.03. The Morgan fingerprint density at radius 1 is 1.60 bits per heavy atom. The van der Waals surface area contributed by atoms with E-state index in [1.807, 2.05) is 0 Å². The topological polar surface area (TPSA) is 26.2 Å². The fourth-order valence-corrected chi connectivity index (χ4v) is 1.39. The fraction of sp³-hybridized carbons (Fsp3) is 0.500. The second kappa shape index (κ2) is 7.12. The maximum atomic E-state index is 5.03. The molecule has 0 aliphatic heterocycles. The average molecular weight is 208 g/mol. The SMILES string of the molecule is C=COCCCNCc1ccn(CC)c1. The Morgan fingerprint density at radius 3 is 3.13 bits per heavy atom. The summed E-state index contributed by atoms with van der Waals surface area (Å²) in [5, 5.41) is 3.37. The van der Waals surface area contributed by atoms with Crippen LogP contribution in [0.15, 0.2) is 31.3 Å². The third-order valence-electron chi connectivity index (χ3n) is 2.24. The van der Waals surface area contributed by atoms with Crippen LogP contribution in [0, 0.1) is 0 Å². The molecule has 1 N–H and O–H groups in total. The average Bonchev–Trinajstić information content (AvgIpc) is 2.71. The second-order valence-corrected chi connectivity index (χ2v) is 3.42. The van der Waals surface area contributed by atoms with Crippen molar-refractivity contribution in [3.8, 4) is 0 Å². The van der Waals surface area contributed by atoms with Gasteiger partial charge >= 0.3 is 0 Å². The highest BCUT2D eigenvalue weighted by atomic mass is 16.5. The van der Waals surface area contributed by atoms with Crippen LogP contribution in [0.4, 0.5) is 0 Å². The molecule has 0 atom stereocenters. The molecule has 0 fully saturated rings. The van der Waals surface area contributed by atoms with Gasteiger partial charge in [0.15, 0.2) is 0 Å². The number of ether oxygens (including phenoxy) is 1. The number of aromatic nitrogens is 1. The minimum absolute atomic E-state index is 0.743. The third-order valence-corrected chi connectivity index (χ3v) is 2.24. The molecule has 0 aromatic carbocycles. The summed E-state index contributed by atoms with van der Waals surface area (Å²) in [6, 6.07) is 2.15. The molecular weight excluding hydrogens is 188 g/mol. The molecular formula is C12H20N2O. The lowest BCUT2D eigenvalue weighted by atomic mass is 10.3. The van der Waals surface area contributed by atoms with Gasteiger partial charge in [-0.3, -0.25) is 0 Å². The monoisotopic (exact) mass is 208 g/mol. The van der Waals surface area contributed by atoms with Gasteiger partial charge in [-0.05, 0) is 31.5 Å². The summed E-state index contributed by atoms with van der Waals surface area (Å²) < 4.78 is 7.21. The van der Waals surface area contributed by atoms with Gasteiger partial charge in [-0.1, -0.05) is 6.58 Å². The van der Waals surface area contributed by atoms with E-state index in [4.69, 9.17) is 4.74 Å². The molecule has 0 spiro atoms. The summed E-state index contributed by atoms with van der Waals surface area (Å²) in [5.41, 5.74) is 1.33. The summed E-state index contributed by atoms with van der Waals surface area (Å²) in [5.74, 6) is 0. The van der Waals surface area contributed by atoms with Gasteiger partial charge in [-0.15, -0.1) is 0 Å². The molecule has 1 rings (SSSR count). The molecule has 0 aliphatic carbocycles. The highest BCUT2D eigenvalue weighted by Gasteiger charge is 1.94. The smallest absolute Gasteiger partial charge is 0.0885 e. The lowest BCUT2D eigenvalue weighted by Crippen LogP contribution is -2.15. The molecule has 0 bridgehead atoms. The van der Waals surface area contributed by atoms with Gasteiger partial charge in [0.25, 0.3) is 0 Å². The summed E-state index contributed by atoms with van der Waals surface area (Å²) >= 11 is 0. The van der Waals surface area contributed by atoms with Gasteiger partial charge in [0, 0.05) is 25.5 Å². The number of rotatable bonds is 8. The van der Waals surface area contributed by atoms with Gasteiger partial charge in [0.1, 0.15) is 0 Å². The van der Waals surface area contributed by atoms with Crippen molar-refractivity contribution < 1.29 is 4.74 Å². The largest absolute Gasteiger partial charge is 0.502 e. The Labute approximate surface area is 91.7 Å². The van der Waals surface area contributed by atoms with Crippen molar-refractivity contribution in [3.05, 3.63) is 36.9 Å². The molecule has 0 saturated heterocycles. The van der Waals surface area contributed by atoms with Gasteiger partial charge in [0.05, 0.1) is 12.9 Å². The quantitative estimate of drug-likeness (QED) is 0.523. The summed E-state index contributed by atoms with van der Waals surface area (Å²) in [4.78, 5) is 0. The van der Waals surface area contributed by atoms with E-state index in [0.29, 0.717) is 0 Å². The van der Waals surface area contributed by atoms with Gasteiger partial charge < -0.3 is 14.6 Å². The first kappa shape index (κ1) is 11.9. The molecule has 0 radical (unpaired) electrons. The van der Waals surface area contributed by atoms with Gasteiger partial charge in [-0.2, -0.15) is 0 Å². The number of aryl methyl sites for hydroxylation is 1. The van der Waals surface area contributed by atoms with Crippen molar-refractivity contribution in [1.29, 1.82) is 0 Å². The summed E-state index contributed by atoms with van der Waals surface area (Å²) in [7, 11) is 0. The molecule has 3 heteroatoms. The van der Waals surface area contributed by atoms with E-state index in [1.165, 1.54) is 11.8 Å². The molecule has 0 saturated carbocycles. The third kappa shape index (κ3) is 4.70. The molecule has 15 heavy (non-hydrogen) atoms. The van der Waals surface area contributed by atoms with E-state index in [9.17, 15) is 0 Å². The Balaban J connectivity index is 2.06. The van der Waals surface area contributed by atoms with E-state index >= 15 is 0 Å². The van der Waals surface area contributed by atoms with E-state index in [-0.39, 0.29) is 0 Å². The Morgan fingerprint density at radius 2 is 2.47 bits per heavy atom. The fourth-order valence-electron chi connectivity index (χ4n) is 1.39. The predicted molar refractivity (Wildman–Crippen MR) is 62.6 cm³/mol. The molecule has 84 valence electrons. The molecule has 1 aromatic rings. The van der Waals surface area contributed by atoms with Crippen LogP contribution in [0.3, 0.4) is 0 Å². The lowest BCUT2D eigenvalue weighted by molar-refractivity contribution is 0.244. The summed E-state index contributed by atoms with van der Waals surface area (Å²) in [6.07, 6.45) is 6.78. The zero-order valence-corrected chi connectivity index (χ0v) is 9.41. The second-order valence-electron chi connectivity index (χ2n) is 3.42. The number of hydrogen-bond acceptors (Lipinski definition) is 2. The van der Waals surface area contributed by atoms with E-state index in [1.54, 1.807) is 0 Å². The van der Waals surface area contributed by atoms with Crippen LogP contribution in [0.5, 0.6) is 0 Å². The normalized spacial score (nSPS) is 10.2. The maximum Gasteiger partial charge on any atom is 0.0885 e. The zero-order valence-electron chi connectivity index (χ0n) is 9.41. The number of hydrogen-bond donors (Lipinski definition) is 1. The van der Waals surface area contributed by atoms with Crippen LogP contribution >= 0.6 is 0 Å². The van der Waals surface area contributed by atoms with Crippen LogP contribution in [0.25, 0.3) is 0 Å². The molecule has 1 aromatic heterocycles. The first-order valence-corrected chi connectivity index (χ1v) is 5.44. The zero-order chi connectivity index (χ0) is 10.9. The minimum Gasteiger partial charge on any atom is -0.502 e. The minimum atomic E-state index is 0.743. The van der Waals surface area contributed by atoms with Crippen molar-refractivity contribution in [1.82, 2.24) is 9.88 Å². The molecule has 3 nitrogen and oxygen atoms in total. The van der Waals surface area contributed by atoms with Crippen LogP contribution in [0.1, 0.15) is 18.9 Å². The van der Waals surface area contributed by atoms with Crippen LogP contribution in [0.2, 0.25) is 0 Å². The van der Waals surface area contributed by atoms with Gasteiger partial charge in [0.2, 0.25) is 0 Å².